The Labute approximate surface area is 129 Å². The number of nitrogens with zero attached hydrogens (tertiary/aromatic N) is 1. The first-order chi connectivity index (χ1) is 9.47. The van der Waals surface area contributed by atoms with Crippen molar-refractivity contribution < 1.29 is 0 Å². The molecule has 2 nitrogen and oxygen atoms in total. The van der Waals surface area contributed by atoms with Crippen molar-refractivity contribution in [1.29, 1.82) is 0 Å². The minimum Gasteiger partial charge on any atom is -0.371 e. The molecule has 114 valence electrons. The van der Waals surface area contributed by atoms with Crippen molar-refractivity contribution in [3.63, 3.8) is 0 Å². The predicted octanol–water partition coefficient (Wildman–Crippen LogP) is 4.71. The molecule has 1 aromatic rings. The highest BCUT2D eigenvalue weighted by molar-refractivity contribution is 6.30. The monoisotopic (exact) mass is 296 g/mol. The van der Waals surface area contributed by atoms with Gasteiger partial charge in [-0.15, -0.1) is 0 Å². The van der Waals surface area contributed by atoms with E-state index < -0.39 is 0 Å². The Morgan fingerprint density at radius 3 is 2.45 bits per heavy atom. The van der Waals surface area contributed by atoms with Gasteiger partial charge in [0.05, 0.1) is 0 Å². The van der Waals surface area contributed by atoms with Gasteiger partial charge in [-0.05, 0) is 36.6 Å². The zero-order valence-corrected chi connectivity index (χ0v) is 14.3. The summed E-state index contributed by atoms with van der Waals surface area (Å²) < 4.78 is 0. The van der Waals surface area contributed by atoms with Gasteiger partial charge in [0.15, 0.2) is 0 Å². The summed E-state index contributed by atoms with van der Waals surface area (Å²) in [5.41, 5.74) is 2.60. The van der Waals surface area contributed by atoms with E-state index in [0.717, 1.165) is 24.7 Å². The van der Waals surface area contributed by atoms with Crippen LogP contribution in [0.4, 0.5) is 5.69 Å². The maximum absolute atomic E-state index is 6.17. The van der Waals surface area contributed by atoms with Crippen molar-refractivity contribution in [2.75, 3.05) is 18.0 Å². The fourth-order valence-corrected chi connectivity index (χ4v) is 2.42. The number of hydrogen-bond donors (Lipinski definition) is 1. The minimum atomic E-state index is 0.478. The summed E-state index contributed by atoms with van der Waals surface area (Å²) in [4.78, 5) is 2.46. The third-order valence-electron chi connectivity index (χ3n) is 3.69. The average molecular weight is 297 g/mol. The minimum absolute atomic E-state index is 0.478. The summed E-state index contributed by atoms with van der Waals surface area (Å²) in [6, 6.07) is 6.72. The molecule has 0 amide bonds. The molecule has 0 radical (unpaired) electrons. The zero-order valence-electron chi connectivity index (χ0n) is 13.5. The number of anilines is 1. The largest absolute Gasteiger partial charge is 0.371 e. The van der Waals surface area contributed by atoms with E-state index in [9.17, 15) is 0 Å². The van der Waals surface area contributed by atoms with Gasteiger partial charge < -0.3 is 10.2 Å². The first-order valence-electron chi connectivity index (χ1n) is 7.74. The van der Waals surface area contributed by atoms with Gasteiger partial charge in [-0.1, -0.05) is 45.7 Å². The Balaban J connectivity index is 2.94. The second-order valence-electron chi connectivity index (χ2n) is 5.86. The molecule has 0 bridgehead atoms. The highest BCUT2D eigenvalue weighted by Crippen LogP contribution is 2.25. The summed E-state index contributed by atoms with van der Waals surface area (Å²) in [7, 11) is 0. The van der Waals surface area contributed by atoms with Crippen LogP contribution in [0.15, 0.2) is 18.2 Å². The summed E-state index contributed by atoms with van der Waals surface area (Å²) >= 11 is 6.17. The van der Waals surface area contributed by atoms with Crippen LogP contribution in [0.3, 0.4) is 0 Å². The van der Waals surface area contributed by atoms with Crippen molar-refractivity contribution in [1.82, 2.24) is 5.32 Å². The molecule has 0 heterocycles. The van der Waals surface area contributed by atoms with Gasteiger partial charge in [-0.3, -0.25) is 0 Å². The lowest BCUT2D eigenvalue weighted by molar-refractivity contribution is 0.544. The molecule has 1 unspecified atom stereocenters. The Hall–Kier alpha value is -0.730. The quantitative estimate of drug-likeness (QED) is 0.747. The standard InChI is InChI=1S/C17H29ClN2/c1-6-14(5)12-20(7-2)17-9-8-16(18)10-15(17)11-19-13(3)4/h8-10,13-14,19H,6-7,11-12H2,1-5H3. The van der Waals surface area contributed by atoms with E-state index >= 15 is 0 Å². The Morgan fingerprint density at radius 2 is 1.90 bits per heavy atom. The van der Waals surface area contributed by atoms with Crippen LogP contribution in [0.5, 0.6) is 0 Å². The van der Waals surface area contributed by atoms with E-state index in [2.05, 4.69) is 57.0 Å². The van der Waals surface area contributed by atoms with Gasteiger partial charge in [-0.25, -0.2) is 0 Å². The lowest BCUT2D eigenvalue weighted by Gasteiger charge is -2.29. The van der Waals surface area contributed by atoms with Crippen LogP contribution in [-0.2, 0) is 6.54 Å². The van der Waals surface area contributed by atoms with Crippen LogP contribution in [-0.4, -0.2) is 19.1 Å². The van der Waals surface area contributed by atoms with Crippen LogP contribution >= 0.6 is 11.6 Å². The van der Waals surface area contributed by atoms with E-state index in [-0.39, 0.29) is 0 Å². The molecule has 0 fully saturated rings. The van der Waals surface area contributed by atoms with Gasteiger partial charge in [0.2, 0.25) is 0 Å². The molecular weight excluding hydrogens is 268 g/mol. The van der Waals surface area contributed by atoms with Crippen molar-refractivity contribution in [2.45, 2.75) is 53.6 Å². The van der Waals surface area contributed by atoms with E-state index in [4.69, 9.17) is 11.6 Å². The first-order valence-corrected chi connectivity index (χ1v) is 8.12. The lowest BCUT2D eigenvalue weighted by atomic mass is 10.1. The third kappa shape index (κ3) is 5.34. The summed E-state index contributed by atoms with van der Waals surface area (Å²) in [5, 5.41) is 4.30. The molecule has 0 aliphatic carbocycles. The summed E-state index contributed by atoms with van der Waals surface area (Å²) in [5.74, 6) is 0.705. The normalized spacial score (nSPS) is 12.8. The fourth-order valence-electron chi connectivity index (χ4n) is 2.22. The van der Waals surface area contributed by atoms with Gasteiger partial charge >= 0.3 is 0 Å². The number of halogens is 1. The van der Waals surface area contributed by atoms with Crippen molar-refractivity contribution in [3.8, 4) is 0 Å². The first kappa shape index (κ1) is 17.3. The molecule has 0 saturated carbocycles. The van der Waals surface area contributed by atoms with Crippen molar-refractivity contribution in [3.05, 3.63) is 28.8 Å². The fraction of sp³-hybridized carbons (Fsp3) is 0.647. The number of nitrogens with one attached hydrogen (secondary N) is 1. The van der Waals surface area contributed by atoms with Crippen LogP contribution in [0, 0.1) is 5.92 Å². The van der Waals surface area contributed by atoms with Crippen molar-refractivity contribution >= 4 is 17.3 Å². The Morgan fingerprint density at radius 1 is 1.20 bits per heavy atom. The third-order valence-corrected chi connectivity index (χ3v) is 3.93. The smallest absolute Gasteiger partial charge is 0.0412 e. The number of rotatable bonds is 8. The molecule has 1 atom stereocenters. The van der Waals surface area contributed by atoms with Crippen molar-refractivity contribution in [2.24, 2.45) is 5.92 Å². The Kier molecular flexibility index (Phi) is 7.39. The Bertz CT molecular complexity index is 404. The van der Waals surface area contributed by atoms with Crippen LogP contribution < -0.4 is 10.2 Å². The van der Waals surface area contributed by atoms with E-state index in [1.165, 1.54) is 17.7 Å². The average Bonchev–Trinajstić information content (AvgIpc) is 2.42. The highest BCUT2D eigenvalue weighted by Gasteiger charge is 2.13. The van der Waals surface area contributed by atoms with E-state index in [0.29, 0.717) is 12.0 Å². The molecule has 1 aromatic carbocycles. The maximum atomic E-state index is 6.17. The van der Waals surface area contributed by atoms with Crippen LogP contribution in [0.2, 0.25) is 5.02 Å². The predicted molar refractivity (Wildman–Crippen MR) is 90.8 cm³/mol. The molecule has 0 saturated heterocycles. The molecule has 1 N–H and O–H groups in total. The van der Waals surface area contributed by atoms with Crippen LogP contribution in [0.1, 0.15) is 46.6 Å². The second kappa shape index (κ2) is 8.53. The molecule has 1 rings (SSSR count). The molecule has 0 spiro atoms. The molecule has 0 aliphatic rings. The molecule has 0 aliphatic heterocycles. The number of hydrogen-bond acceptors (Lipinski definition) is 2. The summed E-state index contributed by atoms with van der Waals surface area (Å²) in [6.45, 7) is 14.1. The SMILES string of the molecule is CCC(C)CN(CC)c1ccc(Cl)cc1CNC(C)C. The van der Waals surface area contributed by atoms with Gasteiger partial charge in [-0.2, -0.15) is 0 Å². The molecular formula is C17H29ClN2. The van der Waals surface area contributed by atoms with Gasteiger partial charge in [0, 0.05) is 36.4 Å². The molecule has 20 heavy (non-hydrogen) atoms. The highest BCUT2D eigenvalue weighted by atomic mass is 35.5. The molecule has 0 aromatic heterocycles. The zero-order chi connectivity index (χ0) is 15.1. The maximum Gasteiger partial charge on any atom is 0.0412 e. The lowest BCUT2D eigenvalue weighted by Crippen LogP contribution is -2.30. The van der Waals surface area contributed by atoms with E-state index in [1.807, 2.05) is 6.07 Å². The topological polar surface area (TPSA) is 15.3 Å². The second-order valence-corrected chi connectivity index (χ2v) is 6.30. The summed E-state index contributed by atoms with van der Waals surface area (Å²) in [6.07, 6.45) is 1.21. The van der Waals surface area contributed by atoms with Gasteiger partial charge in [0.1, 0.15) is 0 Å². The van der Waals surface area contributed by atoms with Crippen LogP contribution in [0.25, 0.3) is 0 Å². The molecule has 3 heteroatoms. The number of benzene rings is 1. The van der Waals surface area contributed by atoms with E-state index in [1.54, 1.807) is 0 Å². The van der Waals surface area contributed by atoms with Gasteiger partial charge in [0.25, 0.3) is 0 Å².